The number of rotatable bonds is 14. The second-order valence-electron chi connectivity index (χ2n) is 8.04. The summed E-state index contributed by atoms with van der Waals surface area (Å²) in [6.07, 6.45) is 0.126. The number of benzene rings is 1. The monoisotopic (exact) mass is 516 g/mol. The van der Waals surface area contributed by atoms with E-state index < -0.39 is 35.6 Å². The molecule has 1 fully saturated rings. The van der Waals surface area contributed by atoms with Crippen molar-refractivity contribution >= 4 is 29.6 Å². The molecular formula is C25H28N2O10. The zero-order valence-electron chi connectivity index (χ0n) is 20.2. The minimum absolute atomic E-state index is 0.0350. The largest absolute Gasteiger partial charge is 0.481 e. The van der Waals surface area contributed by atoms with E-state index in [1.807, 2.05) is 0 Å². The van der Waals surface area contributed by atoms with Crippen LogP contribution in [0.4, 0.5) is 0 Å². The van der Waals surface area contributed by atoms with Crippen molar-refractivity contribution in [3.05, 3.63) is 34.9 Å². The molecule has 1 saturated heterocycles. The van der Waals surface area contributed by atoms with Crippen molar-refractivity contribution in [1.29, 1.82) is 0 Å². The number of aliphatic carboxylic acids is 1. The van der Waals surface area contributed by atoms with Gasteiger partial charge in [-0.2, -0.15) is 0 Å². The maximum absolute atomic E-state index is 12.8. The van der Waals surface area contributed by atoms with Gasteiger partial charge in [0.05, 0.1) is 63.8 Å². The minimum atomic E-state index is -1.01. The molecule has 0 spiro atoms. The van der Waals surface area contributed by atoms with Gasteiger partial charge in [-0.05, 0) is 24.6 Å². The summed E-state index contributed by atoms with van der Waals surface area (Å²) >= 11 is 0. The Morgan fingerprint density at radius 2 is 1.54 bits per heavy atom. The van der Waals surface area contributed by atoms with Gasteiger partial charge in [-0.1, -0.05) is 11.8 Å². The number of amides is 4. The second-order valence-corrected chi connectivity index (χ2v) is 8.04. The molecule has 12 heteroatoms. The van der Waals surface area contributed by atoms with E-state index in [1.165, 1.54) is 12.1 Å². The highest BCUT2D eigenvalue weighted by atomic mass is 16.6. The van der Waals surface area contributed by atoms with Gasteiger partial charge in [0.1, 0.15) is 12.6 Å². The third kappa shape index (κ3) is 8.19. The Bertz CT molecular complexity index is 1090. The molecule has 198 valence electrons. The van der Waals surface area contributed by atoms with Crippen molar-refractivity contribution in [2.75, 3.05) is 52.9 Å². The fourth-order valence-electron chi connectivity index (χ4n) is 3.63. The van der Waals surface area contributed by atoms with Crippen molar-refractivity contribution in [3.8, 4) is 11.8 Å². The summed E-state index contributed by atoms with van der Waals surface area (Å²) in [4.78, 5) is 60.3. The lowest BCUT2D eigenvalue weighted by Gasteiger charge is -2.27. The summed E-state index contributed by atoms with van der Waals surface area (Å²) in [6.45, 7) is 2.40. The lowest BCUT2D eigenvalue weighted by Crippen LogP contribution is -2.54. The number of carboxylic acid groups (broad SMARTS) is 1. The van der Waals surface area contributed by atoms with E-state index in [2.05, 4.69) is 17.2 Å². The molecule has 0 saturated carbocycles. The van der Waals surface area contributed by atoms with Crippen molar-refractivity contribution in [1.82, 2.24) is 10.2 Å². The lowest BCUT2D eigenvalue weighted by molar-refractivity contribution is -0.138. The summed E-state index contributed by atoms with van der Waals surface area (Å²) in [5, 5.41) is 10.6. The molecule has 2 aliphatic rings. The molecule has 0 bridgehead atoms. The standard InChI is InChI=1S/C25H28N2O10/c28-21-6-5-20(23(31)26-21)27-24(32)18-4-3-17(16-19(18)25(27)33)2-1-8-34-10-12-36-14-15-37-13-11-35-9-7-22(29)30/h3-4,16,20H,5-15H2,(H,29,30)(H,26,28,31). The van der Waals surface area contributed by atoms with Gasteiger partial charge < -0.3 is 24.1 Å². The van der Waals surface area contributed by atoms with Crippen LogP contribution in [0.25, 0.3) is 0 Å². The molecule has 1 unspecified atom stereocenters. The Hall–Kier alpha value is -3.63. The van der Waals surface area contributed by atoms with Crippen LogP contribution >= 0.6 is 0 Å². The fraction of sp³-hybridized carbons (Fsp3) is 0.480. The lowest BCUT2D eigenvalue weighted by atomic mass is 10.0. The Balaban J connectivity index is 1.32. The number of piperidine rings is 1. The zero-order chi connectivity index (χ0) is 26.6. The molecule has 4 amide bonds. The van der Waals surface area contributed by atoms with Gasteiger partial charge >= 0.3 is 5.97 Å². The van der Waals surface area contributed by atoms with E-state index in [4.69, 9.17) is 24.1 Å². The first kappa shape index (κ1) is 27.9. The number of nitrogens with one attached hydrogen (secondary N) is 1. The third-order valence-corrected chi connectivity index (χ3v) is 5.42. The smallest absolute Gasteiger partial charge is 0.305 e. The fourth-order valence-corrected chi connectivity index (χ4v) is 3.63. The molecule has 1 atom stereocenters. The topological polar surface area (TPSA) is 158 Å². The van der Waals surface area contributed by atoms with Gasteiger partial charge in [-0.3, -0.25) is 34.2 Å². The highest BCUT2D eigenvalue weighted by Crippen LogP contribution is 2.28. The SMILES string of the molecule is O=C(O)CCOCCOCCOCCOCC#Cc1ccc2c(c1)C(=O)N(C1CCC(=O)NC1=O)C2=O. The minimum Gasteiger partial charge on any atom is -0.481 e. The van der Waals surface area contributed by atoms with Gasteiger partial charge in [0.2, 0.25) is 11.8 Å². The predicted octanol–water partition coefficient (Wildman–Crippen LogP) is -0.0196. The summed E-state index contributed by atoms with van der Waals surface area (Å²) in [5.41, 5.74) is 0.891. The van der Waals surface area contributed by atoms with Crippen LogP contribution in [0.1, 0.15) is 45.5 Å². The highest BCUT2D eigenvalue weighted by molar-refractivity contribution is 6.23. The number of carbonyl (C=O) groups is 5. The summed E-state index contributed by atoms with van der Waals surface area (Å²) in [7, 11) is 0. The molecule has 2 N–H and O–H groups in total. The average Bonchev–Trinajstić information content (AvgIpc) is 3.11. The molecule has 1 aromatic carbocycles. The molecule has 2 aliphatic heterocycles. The molecule has 2 heterocycles. The van der Waals surface area contributed by atoms with Gasteiger partial charge in [-0.25, -0.2) is 0 Å². The predicted molar refractivity (Wildman–Crippen MR) is 126 cm³/mol. The number of carbonyl (C=O) groups excluding carboxylic acids is 4. The normalized spacial score (nSPS) is 16.9. The summed E-state index contributed by atoms with van der Waals surface area (Å²) in [6, 6.07) is 3.62. The van der Waals surface area contributed by atoms with E-state index in [0.717, 1.165) is 4.90 Å². The van der Waals surface area contributed by atoms with Crippen LogP contribution < -0.4 is 5.32 Å². The van der Waals surface area contributed by atoms with Crippen LogP contribution in [0, 0.1) is 11.8 Å². The maximum Gasteiger partial charge on any atom is 0.305 e. The van der Waals surface area contributed by atoms with Crippen molar-refractivity contribution in [2.45, 2.75) is 25.3 Å². The van der Waals surface area contributed by atoms with Crippen LogP contribution in [0.5, 0.6) is 0 Å². The molecular weight excluding hydrogens is 488 g/mol. The van der Waals surface area contributed by atoms with E-state index in [-0.39, 0.29) is 43.6 Å². The van der Waals surface area contributed by atoms with Crippen molar-refractivity contribution in [3.63, 3.8) is 0 Å². The number of nitrogens with zero attached hydrogens (tertiary/aromatic N) is 1. The van der Waals surface area contributed by atoms with E-state index in [9.17, 15) is 24.0 Å². The maximum atomic E-state index is 12.8. The van der Waals surface area contributed by atoms with Gasteiger partial charge in [-0.15, -0.1) is 0 Å². The molecule has 0 radical (unpaired) electrons. The number of fused-ring (bicyclic) bond motifs is 1. The highest BCUT2D eigenvalue weighted by Gasteiger charge is 2.44. The van der Waals surface area contributed by atoms with Crippen LogP contribution in [0.3, 0.4) is 0 Å². The van der Waals surface area contributed by atoms with E-state index in [1.54, 1.807) is 6.07 Å². The number of hydrogen-bond donors (Lipinski definition) is 2. The van der Waals surface area contributed by atoms with Crippen molar-refractivity contribution in [2.24, 2.45) is 0 Å². The number of ether oxygens (including phenoxy) is 4. The van der Waals surface area contributed by atoms with Gasteiger partial charge in [0.25, 0.3) is 11.8 Å². The molecule has 37 heavy (non-hydrogen) atoms. The molecule has 1 aromatic rings. The average molecular weight is 517 g/mol. The van der Waals surface area contributed by atoms with E-state index >= 15 is 0 Å². The first-order valence-electron chi connectivity index (χ1n) is 11.8. The Morgan fingerprint density at radius 1 is 0.919 bits per heavy atom. The third-order valence-electron chi connectivity index (χ3n) is 5.42. The number of imide groups is 2. The number of carboxylic acids is 1. The number of hydrogen-bond acceptors (Lipinski definition) is 9. The van der Waals surface area contributed by atoms with Gasteiger partial charge in [0.15, 0.2) is 0 Å². The summed E-state index contributed by atoms with van der Waals surface area (Å²) in [5.74, 6) is 2.59. The zero-order valence-corrected chi connectivity index (χ0v) is 20.2. The Morgan fingerprint density at radius 3 is 2.19 bits per heavy atom. The molecule has 3 rings (SSSR count). The quantitative estimate of drug-likeness (QED) is 0.196. The summed E-state index contributed by atoms with van der Waals surface area (Å²) < 4.78 is 21.1. The van der Waals surface area contributed by atoms with Gasteiger partial charge in [0, 0.05) is 12.0 Å². The van der Waals surface area contributed by atoms with Crippen LogP contribution in [0.2, 0.25) is 0 Å². The van der Waals surface area contributed by atoms with Crippen molar-refractivity contribution < 1.29 is 48.0 Å². The second kappa shape index (κ2) is 14.2. The Labute approximate surface area is 213 Å². The first-order chi connectivity index (χ1) is 17.9. The first-order valence-corrected chi connectivity index (χ1v) is 11.8. The van der Waals surface area contributed by atoms with E-state index in [0.29, 0.717) is 45.2 Å². The van der Waals surface area contributed by atoms with Crippen LogP contribution in [0.15, 0.2) is 18.2 Å². The van der Waals surface area contributed by atoms with Crippen LogP contribution in [-0.4, -0.2) is 98.5 Å². The molecule has 12 nitrogen and oxygen atoms in total. The molecule has 0 aromatic heterocycles. The Kier molecular flexibility index (Phi) is 10.7. The van der Waals surface area contributed by atoms with Crippen LogP contribution in [-0.2, 0) is 33.3 Å². The molecule has 0 aliphatic carbocycles.